The van der Waals surface area contributed by atoms with E-state index >= 15 is 0 Å². The van der Waals surface area contributed by atoms with Crippen LogP contribution >= 0.6 is 0 Å². The molecule has 2 heteroatoms. The predicted molar refractivity (Wildman–Crippen MR) is 120 cm³/mol. The normalized spacial score (nSPS) is 12.3. The molecular formula is C26H38O2. The zero-order chi connectivity index (χ0) is 20.7. The molecule has 2 rings (SSSR count). The number of aryl methyl sites for hydroxylation is 3. The molecular weight excluding hydrogens is 344 g/mol. The molecule has 0 radical (unpaired) electrons. The van der Waals surface area contributed by atoms with E-state index in [0.717, 1.165) is 62.5 Å². The van der Waals surface area contributed by atoms with Crippen molar-refractivity contribution in [3.05, 3.63) is 57.6 Å². The molecule has 0 saturated carbocycles. The minimum Gasteiger partial charge on any atom is -0.508 e. The Labute approximate surface area is 171 Å². The Morgan fingerprint density at radius 1 is 0.786 bits per heavy atom. The Kier molecular flexibility index (Phi) is 8.41. The van der Waals surface area contributed by atoms with Crippen LogP contribution in [0.3, 0.4) is 0 Å². The van der Waals surface area contributed by atoms with Gasteiger partial charge in [-0.25, -0.2) is 0 Å². The lowest BCUT2D eigenvalue weighted by atomic mass is 9.79. The summed E-state index contributed by atoms with van der Waals surface area (Å²) in [6, 6.07) is 8.04. The van der Waals surface area contributed by atoms with E-state index in [1.807, 2.05) is 18.2 Å². The van der Waals surface area contributed by atoms with Crippen LogP contribution in [0.2, 0.25) is 0 Å². The van der Waals surface area contributed by atoms with Crippen molar-refractivity contribution in [3.63, 3.8) is 0 Å². The third-order valence-electron chi connectivity index (χ3n) is 5.90. The summed E-state index contributed by atoms with van der Waals surface area (Å²) in [6.07, 6.45) is 8.30. The largest absolute Gasteiger partial charge is 0.508 e. The number of phenolic OH excluding ortho intramolecular Hbond substituents is 2. The van der Waals surface area contributed by atoms with Gasteiger partial charge in [-0.15, -0.1) is 0 Å². The smallest absolute Gasteiger partial charge is 0.119 e. The first-order valence-electron chi connectivity index (χ1n) is 11.1. The van der Waals surface area contributed by atoms with Gasteiger partial charge in [0.15, 0.2) is 0 Å². The molecule has 2 aromatic carbocycles. The highest BCUT2D eigenvalue weighted by Crippen LogP contribution is 2.41. The van der Waals surface area contributed by atoms with E-state index in [0.29, 0.717) is 11.5 Å². The number of hydrogen-bond acceptors (Lipinski definition) is 2. The molecule has 0 spiro atoms. The number of hydrogen-bond donors (Lipinski definition) is 2. The van der Waals surface area contributed by atoms with Crippen molar-refractivity contribution in [2.75, 3.05) is 0 Å². The zero-order valence-corrected chi connectivity index (χ0v) is 18.4. The molecule has 154 valence electrons. The fourth-order valence-corrected chi connectivity index (χ4v) is 4.33. The van der Waals surface area contributed by atoms with Crippen molar-refractivity contribution in [2.45, 2.75) is 91.9 Å². The molecule has 1 unspecified atom stereocenters. The van der Waals surface area contributed by atoms with Gasteiger partial charge in [-0.2, -0.15) is 0 Å². The van der Waals surface area contributed by atoms with Crippen LogP contribution in [0.1, 0.15) is 98.6 Å². The fraction of sp³-hybridized carbons (Fsp3) is 0.538. The molecule has 0 aliphatic rings. The lowest BCUT2D eigenvalue weighted by molar-refractivity contribution is 0.462. The molecule has 1 atom stereocenters. The molecule has 28 heavy (non-hydrogen) atoms. The highest BCUT2D eigenvalue weighted by molar-refractivity contribution is 5.53. The second-order valence-electron chi connectivity index (χ2n) is 8.18. The van der Waals surface area contributed by atoms with E-state index in [1.165, 1.54) is 22.3 Å². The third-order valence-corrected chi connectivity index (χ3v) is 5.90. The van der Waals surface area contributed by atoms with Crippen molar-refractivity contribution in [2.24, 2.45) is 0 Å². The van der Waals surface area contributed by atoms with Crippen molar-refractivity contribution < 1.29 is 10.2 Å². The van der Waals surface area contributed by atoms with Crippen molar-refractivity contribution >= 4 is 0 Å². The van der Waals surface area contributed by atoms with Gasteiger partial charge in [0.05, 0.1) is 0 Å². The Hall–Kier alpha value is -1.96. The SMILES string of the molecule is CCCCc1cc(C)c(C(CCC)c2c(C)ccc(O)c2CCCC)cc1O. The van der Waals surface area contributed by atoms with Crippen molar-refractivity contribution in [3.8, 4) is 11.5 Å². The van der Waals surface area contributed by atoms with Gasteiger partial charge in [0, 0.05) is 5.92 Å². The fourth-order valence-electron chi connectivity index (χ4n) is 4.33. The van der Waals surface area contributed by atoms with Crippen LogP contribution in [0.5, 0.6) is 11.5 Å². The summed E-state index contributed by atoms with van der Waals surface area (Å²) in [6.45, 7) is 10.9. The summed E-state index contributed by atoms with van der Waals surface area (Å²) in [5.74, 6) is 1.04. The van der Waals surface area contributed by atoms with E-state index < -0.39 is 0 Å². The zero-order valence-electron chi connectivity index (χ0n) is 18.4. The molecule has 0 fully saturated rings. The topological polar surface area (TPSA) is 40.5 Å². The van der Waals surface area contributed by atoms with Crippen LogP contribution in [0.25, 0.3) is 0 Å². The van der Waals surface area contributed by atoms with Gasteiger partial charge in [0.1, 0.15) is 11.5 Å². The second-order valence-corrected chi connectivity index (χ2v) is 8.18. The van der Waals surface area contributed by atoms with Crippen LogP contribution in [-0.2, 0) is 12.8 Å². The Bertz CT molecular complexity index is 776. The molecule has 2 nitrogen and oxygen atoms in total. The van der Waals surface area contributed by atoms with Gasteiger partial charge in [-0.1, -0.05) is 52.2 Å². The molecule has 0 heterocycles. The predicted octanol–water partition coefficient (Wildman–Crippen LogP) is 7.33. The van der Waals surface area contributed by atoms with Gasteiger partial charge < -0.3 is 10.2 Å². The Morgan fingerprint density at radius 3 is 2.11 bits per heavy atom. The van der Waals surface area contributed by atoms with Gasteiger partial charge in [-0.05, 0) is 91.5 Å². The maximum absolute atomic E-state index is 10.7. The van der Waals surface area contributed by atoms with Gasteiger partial charge in [0.25, 0.3) is 0 Å². The second kappa shape index (κ2) is 10.5. The molecule has 0 saturated heterocycles. The van der Waals surface area contributed by atoms with E-state index in [2.05, 4.69) is 40.7 Å². The van der Waals surface area contributed by atoms with Crippen LogP contribution in [0, 0.1) is 13.8 Å². The summed E-state index contributed by atoms with van der Waals surface area (Å²) < 4.78 is 0. The lowest BCUT2D eigenvalue weighted by Gasteiger charge is -2.26. The van der Waals surface area contributed by atoms with E-state index in [-0.39, 0.29) is 5.92 Å². The number of unbranched alkanes of at least 4 members (excludes halogenated alkanes) is 2. The Morgan fingerprint density at radius 2 is 1.46 bits per heavy atom. The maximum atomic E-state index is 10.7. The number of phenols is 2. The van der Waals surface area contributed by atoms with Crippen LogP contribution in [-0.4, -0.2) is 10.2 Å². The van der Waals surface area contributed by atoms with Crippen molar-refractivity contribution in [1.29, 1.82) is 0 Å². The minimum absolute atomic E-state index is 0.204. The van der Waals surface area contributed by atoms with Crippen LogP contribution < -0.4 is 0 Å². The Balaban J connectivity index is 2.58. The summed E-state index contributed by atoms with van der Waals surface area (Å²) in [4.78, 5) is 0. The average Bonchev–Trinajstić information content (AvgIpc) is 2.67. The van der Waals surface area contributed by atoms with E-state index in [1.54, 1.807) is 0 Å². The van der Waals surface area contributed by atoms with Crippen LogP contribution in [0.4, 0.5) is 0 Å². The van der Waals surface area contributed by atoms with Gasteiger partial charge in [-0.3, -0.25) is 0 Å². The molecule has 2 N–H and O–H groups in total. The van der Waals surface area contributed by atoms with Crippen molar-refractivity contribution in [1.82, 2.24) is 0 Å². The summed E-state index contributed by atoms with van der Waals surface area (Å²) in [5, 5.41) is 21.3. The molecule has 0 amide bonds. The monoisotopic (exact) mass is 382 g/mol. The van der Waals surface area contributed by atoms with E-state index in [4.69, 9.17) is 0 Å². The summed E-state index contributed by atoms with van der Waals surface area (Å²) >= 11 is 0. The average molecular weight is 383 g/mol. The van der Waals surface area contributed by atoms with Crippen LogP contribution in [0.15, 0.2) is 24.3 Å². The van der Waals surface area contributed by atoms with Gasteiger partial charge in [0.2, 0.25) is 0 Å². The quantitative estimate of drug-likeness (QED) is 0.451. The lowest BCUT2D eigenvalue weighted by Crippen LogP contribution is -2.10. The molecule has 0 aliphatic heterocycles. The molecule has 2 aromatic rings. The summed E-state index contributed by atoms with van der Waals surface area (Å²) in [5.41, 5.74) is 7.08. The minimum atomic E-state index is 0.204. The molecule has 0 bridgehead atoms. The number of aromatic hydroxyl groups is 2. The summed E-state index contributed by atoms with van der Waals surface area (Å²) in [7, 11) is 0. The van der Waals surface area contributed by atoms with E-state index in [9.17, 15) is 10.2 Å². The number of rotatable bonds is 10. The molecule has 0 aliphatic carbocycles. The molecule has 0 aromatic heterocycles. The number of benzene rings is 2. The standard InChI is InChI=1S/C26H38O2/c1-6-9-12-20-16-19(5)23(17-25(20)28)21(11-8-3)26-18(4)14-15-24(27)22(26)13-10-7-2/h14-17,21,27-28H,6-13H2,1-5H3. The third kappa shape index (κ3) is 5.10. The first-order chi connectivity index (χ1) is 13.4. The van der Waals surface area contributed by atoms with Gasteiger partial charge >= 0.3 is 0 Å². The first-order valence-corrected chi connectivity index (χ1v) is 11.1. The highest BCUT2D eigenvalue weighted by Gasteiger charge is 2.23. The first kappa shape index (κ1) is 22.3. The maximum Gasteiger partial charge on any atom is 0.119 e. The highest BCUT2D eigenvalue weighted by atomic mass is 16.3.